The summed E-state index contributed by atoms with van der Waals surface area (Å²) in [5, 5.41) is 30.0. The zero-order valence-corrected chi connectivity index (χ0v) is 15.4. The van der Waals surface area contributed by atoms with Crippen molar-refractivity contribution in [2.45, 2.75) is 24.5 Å². The maximum absolute atomic E-state index is 10.5. The first-order valence-electron chi connectivity index (χ1n) is 8.80. The molecule has 150 valence electrons. The number of aliphatic hydroxyl groups is 3. The van der Waals surface area contributed by atoms with Crippen LogP contribution >= 0.6 is 0 Å². The van der Waals surface area contributed by atoms with Crippen LogP contribution in [0, 0.1) is 11.8 Å². The summed E-state index contributed by atoms with van der Waals surface area (Å²) in [6.45, 7) is -0.453. The van der Waals surface area contributed by atoms with Gasteiger partial charge in [0.25, 0.3) is 0 Å². The third-order valence-electron chi connectivity index (χ3n) is 4.69. The lowest BCUT2D eigenvalue weighted by Gasteiger charge is -2.17. The van der Waals surface area contributed by atoms with E-state index in [-0.39, 0.29) is 11.6 Å². The van der Waals surface area contributed by atoms with E-state index in [1.807, 2.05) is 0 Å². The molecule has 1 saturated heterocycles. The number of rotatable bonds is 3. The van der Waals surface area contributed by atoms with Crippen LogP contribution in [0.2, 0.25) is 0 Å². The first kappa shape index (κ1) is 19.1. The molecule has 3 aromatic rings. The molecule has 2 aromatic heterocycles. The predicted octanol–water partition coefficient (Wildman–Crippen LogP) is -0.572. The third-order valence-corrected chi connectivity index (χ3v) is 4.69. The molecule has 10 heteroatoms. The van der Waals surface area contributed by atoms with Gasteiger partial charge in [0.2, 0.25) is 0 Å². The van der Waals surface area contributed by atoms with Gasteiger partial charge >= 0.3 is 0 Å². The number of hydrogen-bond acceptors (Lipinski definition) is 9. The zero-order chi connectivity index (χ0) is 20.5. The van der Waals surface area contributed by atoms with Crippen molar-refractivity contribution in [1.29, 1.82) is 0 Å². The van der Waals surface area contributed by atoms with Gasteiger partial charge in [-0.25, -0.2) is 15.0 Å². The molecule has 1 aliphatic rings. The molecule has 1 aliphatic heterocycles. The fraction of sp³-hybridized carbons (Fsp3) is 0.316. The average molecular weight is 397 g/mol. The van der Waals surface area contributed by atoms with E-state index in [0.717, 1.165) is 0 Å². The van der Waals surface area contributed by atoms with Crippen molar-refractivity contribution in [3.63, 3.8) is 0 Å². The Balaban J connectivity index is 1.81. The second kappa shape index (κ2) is 7.65. The lowest BCUT2D eigenvalue weighted by Crippen LogP contribution is -2.33. The Hall–Kier alpha value is -3.23. The van der Waals surface area contributed by atoms with E-state index in [0.29, 0.717) is 22.5 Å². The Morgan fingerprint density at radius 1 is 1.17 bits per heavy atom. The smallest absolute Gasteiger partial charge is 0.190 e. The van der Waals surface area contributed by atoms with Crippen molar-refractivity contribution in [2.75, 3.05) is 19.5 Å². The van der Waals surface area contributed by atoms with Gasteiger partial charge in [-0.1, -0.05) is 5.92 Å². The summed E-state index contributed by atoms with van der Waals surface area (Å²) in [5.41, 5.74) is 7.22. The molecule has 1 fully saturated rings. The van der Waals surface area contributed by atoms with Crippen molar-refractivity contribution in [3.05, 3.63) is 42.0 Å². The van der Waals surface area contributed by atoms with Crippen molar-refractivity contribution >= 4 is 17.0 Å². The number of benzene rings is 1. The van der Waals surface area contributed by atoms with E-state index in [9.17, 15) is 15.3 Å². The molecule has 0 spiro atoms. The number of hydrogen-bond donors (Lipinski definition) is 4. The predicted molar refractivity (Wildman–Crippen MR) is 102 cm³/mol. The molecule has 4 atom stereocenters. The standard InChI is InChI=1S/C19H19N5O5/c1-28-11-5-2-10(3-6-11)4-7-13-23-14-17(20)21-9-22-18(14)24(13)19-16(27)15(26)12(8-25)29-19/h2-3,5-6,9,12,15-16,19,25-27H,8H2,1H3,(H2,20,21,22)/t12-,15?,16?,19-/m1/s1. The lowest BCUT2D eigenvalue weighted by molar-refractivity contribution is -0.0514. The molecular formula is C19H19N5O5. The van der Waals surface area contributed by atoms with Crippen LogP contribution in [-0.4, -0.2) is 66.9 Å². The molecule has 2 unspecified atom stereocenters. The molecule has 5 N–H and O–H groups in total. The van der Waals surface area contributed by atoms with Gasteiger partial charge in [-0.3, -0.25) is 4.57 Å². The highest BCUT2D eigenvalue weighted by Crippen LogP contribution is 2.33. The fourth-order valence-corrected chi connectivity index (χ4v) is 3.15. The lowest BCUT2D eigenvalue weighted by atomic mass is 10.1. The second-order valence-electron chi connectivity index (χ2n) is 6.44. The zero-order valence-electron chi connectivity index (χ0n) is 15.4. The minimum absolute atomic E-state index is 0.146. The molecule has 4 rings (SSSR count). The Morgan fingerprint density at radius 3 is 2.59 bits per heavy atom. The SMILES string of the molecule is COc1ccc(C#Cc2nc3c(N)ncnc3n2[C@@H]2O[C@H](CO)C(O)C2O)cc1. The van der Waals surface area contributed by atoms with Gasteiger partial charge in [-0.2, -0.15) is 0 Å². The van der Waals surface area contributed by atoms with Gasteiger partial charge in [0, 0.05) is 5.56 Å². The van der Waals surface area contributed by atoms with E-state index in [4.69, 9.17) is 15.2 Å². The molecule has 0 saturated carbocycles. The number of nitrogen functional groups attached to an aromatic ring is 1. The van der Waals surface area contributed by atoms with Crippen molar-refractivity contribution < 1.29 is 24.8 Å². The number of fused-ring (bicyclic) bond motifs is 1. The second-order valence-corrected chi connectivity index (χ2v) is 6.44. The molecule has 1 aromatic carbocycles. The number of nitrogens with two attached hydrogens (primary N) is 1. The summed E-state index contributed by atoms with van der Waals surface area (Å²) in [6.07, 6.45) is -3.33. The number of nitrogens with zero attached hydrogens (tertiary/aromatic N) is 4. The van der Waals surface area contributed by atoms with Gasteiger partial charge < -0.3 is 30.5 Å². The Labute approximate surface area is 165 Å². The summed E-state index contributed by atoms with van der Waals surface area (Å²) in [4.78, 5) is 12.5. The number of aromatic nitrogens is 4. The minimum atomic E-state index is -1.32. The highest BCUT2D eigenvalue weighted by atomic mass is 16.6. The molecule has 0 radical (unpaired) electrons. The molecule has 0 amide bonds. The quantitative estimate of drug-likeness (QED) is 0.426. The normalized spacial score (nSPS) is 23.7. The molecule has 3 heterocycles. The molecule has 10 nitrogen and oxygen atoms in total. The van der Waals surface area contributed by atoms with Crippen molar-refractivity contribution in [3.8, 4) is 17.6 Å². The first-order chi connectivity index (χ1) is 14.0. The highest BCUT2D eigenvalue weighted by Gasteiger charge is 2.44. The van der Waals surface area contributed by atoms with Crippen LogP contribution in [0.3, 0.4) is 0 Å². The summed E-state index contributed by atoms with van der Waals surface area (Å²) in [6, 6.07) is 7.14. The Bertz CT molecular complexity index is 1090. The first-order valence-corrected chi connectivity index (χ1v) is 8.80. The number of anilines is 1. The van der Waals surface area contributed by atoms with Crippen molar-refractivity contribution in [1.82, 2.24) is 19.5 Å². The van der Waals surface area contributed by atoms with E-state index in [1.54, 1.807) is 31.4 Å². The summed E-state index contributed by atoms with van der Waals surface area (Å²) in [5.74, 6) is 6.98. The minimum Gasteiger partial charge on any atom is -0.497 e. The number of aliphatic hydroxyl groups excluding tert-OH is 3. The Kier molecular flexibility index (Phi) is 5.04. The fourth-order valence-electron chi connectivity index (χ4n) is 3.15. The van der Waals surface area contributed by atoms with E-state index in [1.165, 1.54) is 10.9 Å². The monoisotopic (exact) mass is 397 g/mol. The van der Waals surface area contributed by atoms with Crippen molar-refractivity contribution in [2.24, 2.45) is 0 Å². The largest absolute Gasteiger partial charge is 0.497 e. The third kappa shape index (κ3) is 3.37. The van der Waals surface area contributed by atoms with Crippen LogP contribution in [0.25, 0.3) is 11.2 Å². The van der Waals surface area contributed by atoms with Crippen LogP contribution < -0.4 is 10.5 Å². The highest BCUT2D eigenvalue weighted by molar-refractivity contribution is 5.82. The van der Waals surface area contributed by atoms with Crippen LogP contribution in [0.15, 0.2) is 30.6 Å². The van der Waals surface area contributed by atoms with Gasteiger partial charge in [0.05, 0.1) is 13.7 Å². The maximum Gasteiger partial charge on any atom is 0.190 e. The van der Waals surface area contributed by atoms with Crippen LogP contribution in [0.1, 0.15) is 17.6 Å². The molecule has 0 bridgehead atoms. The van der Waals surface area contributed by atoms with Gasteiger partial charge in [-0.15, -0.1) is 0 Å². The number of imidazole rings is 1. The summed E-state index contributed by atoms with van der Waals surface area (Å²) >= 11 is 0. The number of ether oxygens (including phenoxy) is 2. The van der Waals surface area contributed by atoms with Crippen LogP contribution in [-0.2, 0) is 4.74 Å². The average Bonchev–Trinajstić information content (AvgIpc) is 3.25. The van der Waals surface area contributed by atoms with Gasteiger partial charge in [-0.05, 0) is 30.2 Å². The maximum atomic E-state index is 10.5. The summed E-state index contributed by atoms with van der Waals surface area (Å²) < 4.78 is 12.2. The topological polar surface area (TPSA) is 149 Å². The van der Waals surface area contributed by atoms with E-state index >= 15 is 0 Å². The Morgan fingerprint density at radius 2 is 1.93 bits per heavy atom. The molecule has 29 heavy (non-hydrogen) atoms. The number of methoxy groups -OCH3 is 1. The van der Waals surface area contributed by atoms with E-state index in [2.05, 4.69) is 26.8 Å². The van der Waals surface area contributed by atoms with Gasteiger partial charge in [0.15, 0.2) is 29.0 Å². The molecular weight excluding hydrogens is 378 g/mol. The molecule has 0 aliphatic carbocycles. The van der Waals surface area contributed by atoms with E-state index < -0.39 is 31.1 Å². The van der Waals surface area contributed by atoms with Crippen LogP contribution in [0.5, 0.6) is 5.75 Å². The van der Waals surface area contributed by atoms with Crippen LogP contribution in [0.4, 0.5) is 5.82 Å². The van der Waals surface area contributed by atoms with Gasteiger partial charge in [0.1, 0.15) is 30.4 Å². The summed E-state index contributed by atoms with van der Waals surface area (Å²) in [7, 11) is 1.58.